The van der Waals surface area contributed by atoms with Crippen LogP contribution in [-0.4, -0.2) is 18.1 Å². The van der Waals surface area contributed by atoms with Gasteiger partial charge in [0.2, 0.25) is 0 Å². The SMILES string of the molecule is Cc1ncc(CNCCCCN)s1. The van der Waals surface area contributed by atoms with E-state index < -0.39 is 0 Å². The first kappa shape index (κ1) is 10.6. The predicted molar refractivity (Wildman–Crippen MR) is 56.8 cm³/mol. The third kappa shape index (κ3) is 4.36. The summed E-state index contributed by atoms with van der Waals surface area (Å²) >= 11 is 1.75. The Morgan fingerprint density at radius 1 is 1.54 bits per heavy atom. The maximum absolute atomic E-state index is 5.39. The molecule has 0 saturated heterocycles. The third-order valence-corrected chi connectivity index (χ3v) is 2.69. The monoisotopic (exact) mass is 199 g/mol. The van der Waals surface area contributed by atoms with Crippen molar-refractivity contribution in [2.75, 3.05) is 13.1 Å². The minimum absolute atomic E-state index is 0.793. The van der Waals surface area contributed by atoms with Crippen molar-refractivity contribution in [3.05, 3.63) is 16.1 Å². The summed E-state index contributed by atoms with van der Waals surface area (Å²) in [5.74, 6) is 0. The molecule has 0 unspecified atom stereocenters. The molecule has 0 aliphatic heterocycles. The number of aromatic nitrogens is 1. The van der Waals surface area contributed by atoms with Crippen LogP contribution in [0, 0.1) is 6.92 Å². The van der Waals surface area contributed by atoms with Crippen molar-refractivity contribution in [1.29, 1.82) is 0 Å². The van der Waals surface area contributed by atoms with Crippen LogP contribution in [0.4, 0.5) is 0 Å². The van der Waals surface area contributed by atoms with Gasteiger partial charge in [-0.3, -0.25) is 0 Å². The van der Waals surface area contributed by atoms with Crippen LogP contribution in [0.3, 0.4) is 0 Å². The normalized spacial score (nSPS) is 10.6. The van der Waals surface area contributed by atoms with Gasteiger partial charge in [0.25, 0.3) is 0 Å². The van der Waals surface area contributed by atoms with Crippen LogP contribution in [0.15, 0.2) is 6.20 Å². The van der Waals surface area contributed by atoms with Crippen LogP contribution in [0.1, 0.15) is 22.7 Å². The summed E-state index contributed by atoms with van der Waals surface area (Å²) in [5, 5.41) is 4.50. The predicted octanol–water partition coefficient (Wildman–Crippen LogP) is 1.28. The van der Waals surface area contributed by atoms with Gasteiger partial charge in [-0.15, -0.1) is 11.3 Å². The molecule has 3 N–H and O–H groups in total. The van der Waals surface area contributed by atoms with Crippen LogP contribution in [0.5, 0.6) is 0 Å². The molecule has 74 valence electrons. The highest BCUT2D eigenvalue weighted by atomic mass is 32.1. The molecule has 0 spiro atoms. The molecule has 13 heavy (non-hydrogen) atoms. The van der Waals surface area contributed by atoms with Crippen LogP contribution in [0.2, 0.25) is 0 Å². The molecule has 1 heterocycles. The topological polar surface area (TPSA) is 50.9 Å². The number of hydrogen-bond donors (Lipinski definition) is 2. The first-order chi connectivity index (χ1) is 6.33. The fraction of sp³-hybridized carbons (Fsp3) is 0.667. The summed E-state index contributed by atoms with van der Waals surface area (Å²) in [4.78, 5) is 5.50. The van der Waals surface area contributed by atoms with Gasteiger partial charge < -0.3 is 11.1 Å². The van der Waals surface area contributed by atoms with Gasteiger partial charge in [-0.2, -0.15) is 0 Å². The average Bonchev–Trinajstić information content (AvgIpc) is 2.51. The largest absolute Gasteiger partial charge is 0.330 e. The summed E-state index contributed by atoms with van der Waals surface area (Å²) < 4.78 is 0. The first-order valence-electron chi connectivity index (χ1n) is 4.65. The fourth-order valence-corrected chi connectivity index (χ4v) is 1.86. The van der Waals surface area contributed by atoms with E-state index in [9.17, 15) is 0 Å². The minimum Gasteiger partial charge on any atom is -0.330 e. The second kappa shape index (κ2) is 6.07. The lowest BCUT2D eigenvalue weighted by Gasteiger charge is -2.00. The lowest BCUT2D eigenvalue weighted by molar-refractivity contribution is 0.631. The number of hydrogen-bond acceptors (Lipinski definition) is 4. The average molecular weight is 199 g/mol. The molecule has 0 fully saturated rings. The van der Waals surface area contributed by atoms with Gasteiger partial charge in [-0.05, 0) is 32.9 Å². The van der Waals surface area contributed by atoms with E-state index in [2.05, 4.69) is 10.3 Å². The van der Waals surface area contributed by atoms with Gasteiger partial charge in [0, 0.05) is 17.6 Å². The Kier molecular flexibility index (Phi) is 4.97. The summed E-state index contributed by atoms with van der Waals surface area (Å²) in [6, 6.07) is 0. The van der Waals surface area contributed by atoms with E-state index in [1.54, 1.807) is 11.3 Å². The van der Waals surface area contributed by atoms with Crippen molar-refractivity contribution in [3.8, 4) is 0 Å². The molecule has 0 aliphatic carbocycles. The maximum Gasteiger partial charge on any atom is 0.0897 e. The van der Waals surface area contributed by atoms with Crippen LogP contribution in [0.25, 0.3) is 0 Å². The van der Waals surface area contributed by atoms with Gasteiger partial charge in [0.1, 0.15) is 0 Å². The zero-order chi connectivity index (χ0) is 9.52. The Balaban J connectivity index is 2.06. The van der Waals surface area contributed by atoms with E-state index in [1.807, 2.05) is 13.1 Å². The summed E-state index contributed by atoms with van der Waals surface area (Å²) in [6.07, 6.45) is 4.21. The van der Waals surface area contributed by atoms with E-state index >= 15 is 0 Å². The highest BCUT2D eigenvalue weighted by Gasteiger charge is 1.96. The number of unbranched alkanes of at least 4 members (excludes halogenated alkanes) is 1. The van der Waals surface area contributed by atoms with Crippen molar-refractivity contribution in [3.63, 3.8) is 0 Å². The number of nitrogens with zero attached hydrogens (tertiary/aromatic N) is 1. The molecular formula is C9H17N3S. The van der Waals surface area contributed by atoms with E-state index in [1.165, 1.54) is 4.88 Å². The lowest BCUT2D eigenvalue weighted by Crippen LogP contribution is -2.15. The Hall–Kier alpha value is -0.450. The highest BCUT2D eigenvalue weighted by molar-refractivity contribution is 7.11. The van der Waals surface area contributed by atoms with Gasteiger partial charge in [0.15, 0.2) is 0 Å². The molecule has 0 aromatic carbocycles. The molecular weight excluding hydrogens is 182 g/mol. The Morgan fingerprint density at radius 3 is 3.00 bits per heavy atom. The van der Waals surface area contributed by atoms with Crippen molar-refractivity contribution in [1.82, 2.24) is 10.3 Å². The van der Waals surface area contributed by atoms with E-state index in [4.69, 9.17) is 5.73 Å². The molecule has 0 atom stereocenters. The second-order valence-electron chi connectivity index (χ2n) is 3.02. The van der Waals surface area contributed by atoms with Crippen LogP contribution < -0.4 is 11.1 Å². The van der Waals surface area contributed by atoms with Gasteiger partial charge in [0.05, 0.1) is 5.01 Å². The Morgan fingerprint density at radius 2 is 2.38 bits per heavy atom. The standard InChI is InChI=1S/C9H17N3S/c1-8-12-7-9(13-8)6-11-5-3-2-4-10/h7,11H,2-6,10H2,1H3. The summed E-state index contributed by atoms with van der Waals surface area (Å²) in [5.41, 5.74) is 5.39. The van der Waals surface area contributed by atoms with Gasteiger partial charge in [-0.1, -0.05) is 0 Å². The Bertz CT molecular complexity index is 235. The fourth-order valence-electron chi connectivity index (χ4n) is 1.09. The van der Waals surface area contributed by atoms with Crippen molar-refractivity contribution >= 4 is 11.3 Å². The quantitative estimate of drug-likeness (QED) is 0.679. The molecule has 0 aliphatic rings. The van der Waals surface area contributed by atoms with Crippen LogP contribution in [-0.2, 0) is 6.54 Å². The van der Waals surface area contributed by atoms with E-state index in [-0.39, 0.29) is 0 Å². The third-order valence-electron chi connectivity index (χ3n) is 1.78. The Labute approximate surface area is 83.4 Å². The maximum atomic E-state index is 5.39. The van der Waals surface area contributed by atoms with Crippen molar-refractivity contribution in [2.24, 2.45) is 5.73 Å². The van der Waals surface area contributed by atoms with E-state index in [0.29, 0.717) is 0 Å². The van der Waals surface area contributed by atoms with E-state index in [0.717, 1.165) is 37.5 Å². The molecule has 1 aromatic rings. The minimum atomic E-state index is 0.793. The molecule has 0 saturated carbocycles. The molecule has 0 bridgehead atoms. The first-order valence-corrected chi connectivity index (χ1v) is 5.46. The molecule has 4 heteroatoms. The highest BCUT2D eigenvalue weighted by Crippen LogP contribution is 2.10. The molecule has 0 radical (unpaired) electrons. The van der Waals surface area contributed by atoms with Gasteiger partial charge in [-0.25, -0.2) is 4.98 Å². The lowest BCUT2D eigenvalue weighted by atomic mass is 10.3. The zero-order valence-corrected chi connectivity index (χ0v) is 8.86. The summed E-state index contributed by atoms with van der Waals surface area (Å²) in [7, 11) is 0. The number of rotatable bonds is 6. The van der Waals surface area contributed by atoms with Crippen LogP contribution >= 0.6 is 11.3 Å². The smallest absolute Gasteiger partial charge is 0.0897 e. The molecule has 1 aromatic heterocycles. The number of thiazole rings is 1. The molecule has 1 rings (SSSR count). The summed E-state index contributed by atoms with van der Waals surface area (Å²) in [6.45, 7) is 4.81. The number of nitrogens with two attached hydrogens (primary N) is 1. The van der Waals surface area contributed by atoms with Crippen molar-refractivity contribution in [2.45, 2.75) is 26.3 Å². The number of nitrogens with one attached hydrogen (secondary N) is 1. The molecule has 3 nitrogen and oxygen atoms in total. The molecule has 0 amide bonds. The zero-order valence-electron chi connectivity index (χ0n) is 8.05. The number of aryl methyl sites for hydroxylation is 1. The van der Waals surface area contributed by atoms with Crippen molar-refractivity contribution < 1.29 is 0 Å². The van der Waals surface area contributed by atoms with Gasteiger partial charge >= 0.3 is 0 Å². The second-order valence-corrected chi connectivity index (χ2v) is 4.34.